The summed E-state index contributed by atoms with van der Waals surface area (Å²) in [6.45, 7) is 1.04. The van der Waals surface area contributed by atoms with Gasteiger partial charge in [0.05, 0.1) is 10.4 Å². The van der Waals surface area contributed by atoms with E-state index in [1.165, 1.54) is 34.6 Å². The van der Waals surface area contributed by atoms with E-state index in [2.05, 4.69) is 9.71 Å². The van der Waals surface area contributed by atoms with Crippen LogP contribution < -0.4 is 4.72 Å². The summed E-state index contributed by atoms with van der Waals surface area (Å²) in [7, 11) is -7.41. The number of anilines is 1. The van der Waals surface area contributed by atoms with E-state index in [0.717, 1.165) is 18.2 Å². The van der Waals surface area contributed by atoms with Crippen LogP contribution in [0.1, 0.15) is 12.8 Å². The molecule has 2 heterocycles. The van der Waals surface area contributed by atoms with Gasteiger partial charge in [0.15, 0.2) is 0 Å². The summed E-state index contributed by atoms with van der Waals surface area (Å²) in [5.41, 5.74) is 0.666. The van der Waals surface area contributed by atoms with Gasteiger partial charge in [-0.1, -0.05) is 18.2 Å². The van der Waals surface area contributed by atoms with E-state index in [1.54, 1.807) is 30.5 Å². The van der Waals surface area contributed by atoms with Crippen molar-refractivity contribution >= 4 is 36.6 Å². The Morgan fingerprint density at radius 3 is 2.25 bits per heavy atom. The van der Waals surface area contributed by atoms with Gasteiger partial charge in [0.1, 0.15) is 4.90 Å². The lowest BCUT2D eigenvalue weighted by molar-refractivity contribution is 0.477. The summed E-state index contributed by atoms with van der Waals surface area (Å²) in [6.07, 6.45) is 3.26. The summed E-state index contributed by atoms with van der Waals surface area (Å²) in [5, 5.41) is 0.720. The molecule has 1 N–H and O–H groups in total. The number of hydrogen-bond donors (Lipinski definition) is 1. The van der Waals surface area contributed by atoms with Crippen molar-refractivity contribution in [2.45, 2.75) is 22.6 Å². The number of para-hydroxylation sites is 1. The summed E-state index contributed by atoms with van der Waals surface area (Å²) >= 11 is 0. The second-order valence-corrected chi connectivity index (χ2v) is 10.2. The van der Waals surface area contributed by atoms with Crippen molar-refractivity contribution in [3.05, 3.63) is 60.8 Å². The average Bonchev–Trinajstić information content (AvgIpc) is 3.23. The zero-order valence-electron chi connectivity index (χ0n) is 14.9. The van der Waals surface area contributed by atoms with E-state index in [4.69, 9.17) is 0 Å². The van der Waals surface area contributed by atoms with Crippen molar-refractivity contribution in [3.8, 4) is 0 Å². The van der Waals surface area contributed by atoms with E-state index in [0.29, 0.717) is 18.6 Å². The molecule has 1 saturated heterocycles. The molecule has 3 aromatic rings. The van der Waals surface area contributed by atoms with Crippen LogP contribution in [0.25, 0.3) is 10.9 Å². The van der Waals surface area contributed by atoms with Crippen molar-refractivity contribution in [3.63, 3.8) is 0 Å². The molecular formula is C19H19N3O4S2. The molecule has 1 fully saturated rings. The zero-order chi connectivity index (χ0) is 19.8. The predicted octanol–water partition coefficient (Wildman–Crippen LogP) is 2.82. The van der Waals surface area contributed by atoms with Gasteiger partial charge in [0.2, 0.25) is 10.0 Å². The molecule has 4 rings (SSSR count). The first kappa shape index (κ1) is 18.9. The molecule has 146 valence electrons. The molecule has 0 radical (unpaired) electrons. The number of rotatable bonds is 5. The van der Waals surface area contributed by atoms with Crippen LogP contribution in [0, 0.1) is 0 Å². The number of nitrogens with zero attached hydrogens (tertiary/aromatic N) is 2. The number of hydrogen-bond acceptors (Lipinski definition) is 5. The lowest BCUT2D eigenvalue weighted by Gasteiger charge is -2.16. The second kappa shape index (κ2) is 7.16. The molecule has 0 unspecified atom stereocenters. The fourth-order valence-electron chi connectivity index (χ4n) is 3.28. The van der Waals surface area contributed by atoms with E-state index in [-0.39, 0.29) is 15.5 Å². The molecule has 9 heteroatoms. The van der Waals surface area contributed by atoms with Gasteiger partial charge in [-0.3, -0.25) is 9.71 Å². The highest BCUT2D eigenvalue weighted by Gasteiger charge is 2.27. The Hall–Kier alpha value is -2.49. The molecular weight excluding hydrogens is 398 g/mol. The summed E-state index contributed by atoms with van der Waals surface area (Å²) in [6, 6.07) is 14.2. The van der Waals surface area contributed by atoms with Crippen LogP contribution in [-0.2, 0) is 20.0 Å². The van der Waals surface area contributed by atoms with Crippen LogP contribution in [0.4, 0.5) is 5.69 Å². The highest BCUT2D eigenvalue weighted by molar-refractivity contribution is 7.93. The number of aromatic nitrogens is 1. The topological polar surface area (TPSA) is 96.4 Å². The first-order valence-electron chi connectivity index (χ1n) is 8.85. The number of fused-ring (bicyclic) bond motifs is 1. The average molecular weight is 418 g/mol. The van der Waals surface area contributed by atoms with Crippen LogP contribution in [0.3, 0.4) is 0 Å². The maximum absolute atomic E-state index is 12.8. The lowest BCUT2D eigenvalue weighted by Crippen LogP contribution is -2.27. The number of pyridine rings is 1. The van der Waals surface area contributed by atoms with Crippen molar-refractivity contribution in [1.82, 2.24) is 9.29 Å². The third kappa shape index (κ3) is 3.48. The minimum atomic E-state index is -3.88. The van der Waals surface area contributed by atoms with Gasteiger partial charge in [-0.05, 0) is 49.2 Å². The molecule has 0 bridgehead atoms. The molecule has 1 aliphatic rings. The molecule has 7 nitrogen and oxygen atoms in total. The largest absolute Gasteiger partial charge is 0.280 e. The first-order chi connectivity index (χ1) is 13.4. The number of nitrogens with one attached hydrogen (secondary N) is 1. The van der Waals surface area contributed by atoms with Crippen LogP contribution in [-0.4, -0.2) is 39.2 Å². The summed E-state index contributed by atoms with van der Waals surface area (Å²) in [5.74, 6) is 0. The first-order valence-corrected chi connectivity index (χ1v) is 11.8. The van der Waals surface area contributed by atoms with E-state index < -0.39 is 20.0 Å². The van der Waals surface area contributed by atoms with E-state index >= 15 is 0 Å². The fraction of sp³-hybridized carbons (Fsp3) is 0.211. The maximum Gasteiger partial charge on any atom is 0.264 e. The normalized spacial score (nSPS) is 15.7. The van der Waals surface area contributed by atoms with E-state index in [1.807, 2.05) is 0 Å². The monoisotopic (exact) mass is 417 g/mol. The zero-order valence-corrected chi connectivity index (χ0v) is 16.6. The maximum atomic E-state index is 12.8. The van der Waals surface area contributed by atoms with Crippen LogP contribution in [0.5, 0.6) is 0 Å². The molecule has 1 aromatic heterocycles. The predicted molar refractivity (Wildman–Crippen MR) is 107 cm³/mol. The summed E-state index contributed by atoms with van der Waals surface area (Å²) in [4.78, 5) is 4.40. The van der Waals surface area contributed by atoms with Crippen LogP contribution in [0.2, 0.25) is 0 Å². The molecule has 1 aliphatic heterocycles. The quantitative estimate of drug-likeness (QED) is 0.689. The fourth-order valence-corrected chi connectivity index (χ4v) is 6.03. The second-order valence-electron chi connectivity index (χ2n) is 6.57. The molecule has 0 saturated carbocycles. The van der Waals surface area contributed by atoms with Gasteiger partial charge >= 0.3 is 0 Å². The minimum Gasteiger partial charge on any atom is -0.280 e. The third-order valence-electron chi connectivity index (χ3n) is 4.69. The molecule has 0 amide bonds. The molecule has 0 aliphatic carbocycles. The number of sulfonamides is 2. The van der Waals surface area contributed by atoms with Gasteiger partial charge in [-0.2, -0.15) is 4.31 Å². The van der Waals surface area contributed by atoms with Gasteiger partial charge in [-0.15, -0.1) is 0 Å². The SMILES string of the molecule is O=S(=O)(Nc1ccc(S(=O)(=O)N2CCCC2)cc1)c1cccc2cccnc12. The Kier molecular flexibility index (Phi) is 4.82. The number of benzene rings is 2. The molecule has 0 spiro atoms. The van der Waals surface area contributed by atoms with Gasteiger partial charge in [0, 0.05) is 30.4 Å². The summed E-state index contributed by atoms with van der Waals surface area (Å²) < 4.78 is 54.8. The Morgan fingerprint density at radius 1 is 0.857 bits per heavy atom. The van der Waals surface area contributed by atoms with Crippen molar-refractivity contribution < 1.29 is 16.8 Å². The highest BCUT2D eigenvalue weighted by Crippen LogP contribution is 2.25. The standard InChI is InChI=1S/C19H19N3O4S2/c23-27(24,18-7-3-5-15-6-4-12-20-19(15)18)21-16-8-10-17(11-9-16)28(25,26)22-13-1-2-14-22/h3-12,21H,1-2,13-14H2. The lowest BCUT2D eigenvalue weighted by atomic mass is 10.2. The highest BCUT2D eigenvalue weighted by atomic mass is 32.2. The minimum absolute atomic E-state index is 0.0689. The Bertz CT molecular complexity index is 1210. The van der Waals surface area contributed by atoms with Crippen LogP contribution >= 0.6 is 0 Å². The Balaban J connectivity index is 1.62. The van der Waals surface area contributed by atoms with Gasteiger partial charge in [0.25, 0.3) is 10.0 Å². The van der Waals surface area contributed by atoms with Crippen LogP contribution in [0.15, 0.2) is 70.6 Å². The molecule has 0 atom stereocenters. The van der Waals surface area contributed by atoms with Gasteiger partial charge in [-0.25, -0.2) is 16.8 Å². The molecule has 28 heavy (non-hydrogen) atoms. The Labute approximate surface area is 164 Å². The Morgan fingerprint density at radius 2 is 1.54 bits per heavy atom. The molecule has 2 aromatic carbocycles. The van der Waals surface area contributed by atoms with Crippen molar-refractivity contribution in [1.29, 1.82) is 0 Å². The van der Waals surface area contributed by atoms with Gasteiger partial charge < -0.3 is 0 Å². The van der Waals surface area contributed by atoms with E-state index in [9.17, 15) is 16.8 Å². The van der Waals surface area contributed by atoms with Crippen molar-refractivity contribution in [2.75, 3.05) is 17.8 Å². The van der Waals surface area contributed by atoms with Crippen molar-refractivity contribution in [2.24, 2.45) is 0 Å². The third-order valence-corrected chi connectivity index (χ3v) is 8.02. The smallest absolute Gasteiger partial charge is 0.264 e.